The molecule has 0 aliphatic heterocycles. The smallest absolute Gasteiger partial charge is 0.262 e. The summed E-state index contributed by atoms with van der Waals surface area (Å²) in [7, 11) is 1.44. The molecule has 0 unspecified atom stereocenters. The second-order valence-electron chi connectivity index (χ2n) is 4.88. The first kappa shape index (κ1) is 17.8. The van der Waals surface area contributed by atoms with Crippen LogP contribution in [0.2, 0.25) is 0 Å². The SMILES string of the molecule is COc1cc(I)cc(/C=C(/C#N)C(=O)NCc2ccccc2)c1O. The van der Waals surface area contributed by atoms with E-state index in [1.165, 1.54) is 13.2 Å². The molecule has 0 aromatic heterocycles. The van der Waals surface area contributed by atoms with Gasteiger partial charge >= 0.3 is 0 Å². The topological polar surface area (TPSA) is 82.3 Å². The van der Waals surface area contributed by atoms with Crippen LogP contribution in [0.15, 0.2) is 48.0 Å². The van der Waals surface area contributed by atoms with E-state index in [2.05, 4.69) is 27.9 Å². The van der Waals surface area contributed by atoms with Crippen LogP contribution in [0.3, 0.4) is 0 Å². The molecule has 2 N–H and O–H groups in total. The average molecular weight is 434 g/mol. The maximum atomic E-state index is 12.2. The van der Waals surface area contributed by atoms with E-state index in [0.717, 1.165) is 9.13 Å². The quantitative estimate of drug-likeness (QED) is 0.430. The van der Waals surface area contributed by atoms with Crippen molar-refractivity contribution in [3.8, 4) is 17.6 Å². The summed E-state index contributed by atoms with van der Waals surface area (Å²) in [5, 5.41) is 22.1. The number of halogens is 1. The summed E-state index contributed by atoms with van der Waals surface area (Å²) >= 11 is 2.07. The monoisotopic (exact) mass is 434 g/mol. The first-order chi connectivity index (χ1) is 11.5. The largest absolute Gasteiger partial charge is 0.504 e. The second kappa shape index (κ2) is 8.36. The molecule has 0 aliphatic rings. The van der Waals surface area contributed by atoms with Crippen LogP contribution >= 0.6 is 22.6 Å². The summed E-state index contributed by atoms with van der Waals surface area (Å²) < 4.78 is 5.90. The van der Waals surface area contributed by atoms with Crippen molar-refractivity contribution >= 4 is 34.6 Å². The minimum atomic E-state index is -0.501. The van der Waals surface area contributed by atoms with Gasteiger partial charge in [0.1, 0.15) is 11.6 Å². The minimum absolute atomic E-state index is 0.0923. The molecule has 0 saturated carbocycles. The summed E-state index contributed by atoms with van der Waals surface area (Å²) in [5.74, 6) is -0.324. The van der Waals surface area contributed by atoms with E-state index in [1.54, 1.807) is 12.1 Å². The van der Waals surface area contributed by atoms with Gasteiger partial charge in [-0.15, -0.1) is 0 Å². The number of benzene rings is 2. The number of hydrogen-bond donors (Lipinski definition) is 2. The minimum Gasteiger partial charge on any atom is -0.504 e. The lowest BCUT2D eigenvalue weighted by Crippen LogP contribution is -2.23. The maximum Gasteiger partial charge on any atom is 0.262 e. The number of nitrogens with zero attached hydrogens (tertiary/aromatic N) is 1. The number of hydrogen-bond acceptors (Lipinski definition) is 4. The number of rotatable bonds is 5. The van der Waals surface area contributed by atoms with Gasteiger partial charge in [-0.3, -0.25) is 4.79 Å². The second-order valence-corrected chi connectivity index (χ2v) is 6.13. The predicted molar refractivity (Wildman–Crippen MR) is 99.3 cm³/mol. The lowest BCUT2D eigenvalue weighted by atomic mass is 10.1. The molecule has 0 saturated heterocycles. The van der Waals surface area contributed by atoms with Gasteiger partial charge in [-0.1, -0.05) is 30.3 Å². The number of amides is 1. The van der Waals surface area contributed by atoms with E-state index in [0.29, 0.717) is 12.1 Å². The summed E-state index contributed by atoms with van der Waals surface area (Å²) in [5.41, 5.74) is 1.19. The van der Waals surface area contributed by atoms with Gasteiger partial charge < -0.3 is 15.2 Å². The van der Waals surface area contributed by atoms with E-state index >= 15 is 0 Å². The van der Waals surface area contributed by atoms with E-state index in [4.69, 9.17) is 4.74 Å². The van der Waals surface area contributed by atoms with Crippen LogP contribution in [0.25, 0.3) is 6.08 Å². The molecule has 0 atom stereocenters. The standard InChI is InChI=1S/C18H15IN2O3/c1-24-16-9-15(19)8-13(17(16)22)7-14(10-20)18(23)21-11-12-5-3-2-4-6-12/h2-9,22H,11H2,1H3,(H,21,23)/b14-7-. The molecule has 0 fully saturated rings. The van der Waals surface area contributed by atoms with Gasteiger partial charge in [0.2, 0.25) is 0 Å². The van der Waals surface area contributed by atoms with Crippen LogP contribution in [0.4, 0.5) is 0 Å². The Balaban J connectivity index is 2.22. The number of nitriles is 1. The molecule has 122 valence electrons. The van der Waals surface area contributed by atoms with Gasteiger partial charge in [0, 0.05) is 15.7 Å². The Bertz CT molecular complexity index is 811. The molecule has 0 radical (unpaired) electrons. The van der Waals surface area contributed by atoms with Crippen molar-refractivity contribution in [3.05, 3.63) is 62.7 Å². The molecular formula is C18H15IN2O3. The molecule has 6 heteroatoms. The summed E-state index contributed by atoms with van der Waals surface area (Å²) in [6.45, 7) is 0.320. The van der Waals surface area contributed by atoms with Gasteiger partial charge in [0.15, 0.2) is 11.5 Å². The molecule has 2 rings (SSSR count). The number of phenols is 1. The number of ether oxygens (including phenoxy) is 1. The Labute approximate surface area is 153 Å². The van der Waals surface area contributed by atoms with Crippen LogP contribution in [0.1, 0.15) is 11.1 Å². The lowest BCUT2D eigenvalue weighted by Gasteiger charge is -2.08. The van der Waals surface area contributed by atoms with Crippen molar-refractivity contribution in [3.63, 3.8) is 0 Å². The van der Waals surface area contributed by atoms with Gasteiger partial charge in [0.05, 0.1) is 7.11 Å². The molecule has 0 aliphatic carbocycles. The Morgan fingerprint density at radius 3 is 2.71 bits per heavy atom. The van der Waals surface area contributed by atoms with Crippen molar-refractivity contribution in [2.45, 2.75) is 6.54 Å². The summed E-state index contributed by atoms with van der Waals surface area (Å²) in [6, 6.07) is 14.6. The Morgan fingerprint density at radius 1 is 1.38 bits per heavy atom. The third-order valence-electron chi connectivity index (χ3n) is 3.25. The van der Waals surface area contributed by atoms with Crippen molar-refractivity contribution in [1.82, 2.24) is 5.32 Å². The van der Waals surface area contributed by atoms with Crippen molar-refractivity contribution in [2.24, 2.45) is 0 Å². The zero-order valence-corrected chi connectivity index (χ0v) is 15.1. The number of carbonyl (C=O) groups excluding carboxylic acids is 1. The molecular weight excluding hydrogens is 419 g/mol. The molecule has 2 aromatic rings. The number of phenolic OH excluding ortho intramolecular Hbond substituents is 1. The molecule has 2 aromatic carbocycles. The molecule has 24 heavy (non-hydrogen) atoms. The Hall–Kier alpha value is -2.53. The van der Waals surface area contributed by atoms with Gasteiger partial charge in [-0.05, 0) is 46.4 Å². The summed E-state index contributed by atoms with van der Waals surface area (Å²) in [6.07, 6.45) is 1.35. The molecule has 1 amide bonds. The number of nitrogens with one attached hydrogen (secondary N) is 1. The fraction of sp³-hybridized carbons (Fsp3) is 0.111. The maximum absolute atomic E-state index is 12.2. The Kier molecular flexibility index (Phi) is 6.21. The van der Waals surface area contributed by atoms with Crippen molar-refractivity contribution in [2.75, 3.05) is 7.11 Å². The van der Waals surface area contributed by atoms with Gasteiger partial charge in [-0.2, -0.15) is 5.26 Å². The normalized spacial score (nSPS) is 10.8. The highest BCUT2D eigenvalue weighted by Gasteiger charge is 2.13. The van der Waals surface area contributed by atoms with Gasteiger partial charge in [0.25, 0.3) is 5.91 Å². The fourth-order valence-corrected chi connectivity index (χ4v) is 2.66. The molecule has 0 bridgehead atoms. The highest BCUT2D eigenvalue weighted by Crippen LogP contribution is 2.33. The molecule has 5 nitrogen and oxygen atoms in total. The van der Waals surface area contributed by atoms with E-state index in [-0.39, 0.29) is 17.1 Å². The average Bonchev–Trinajstić information content (AvgIpc) is 2.60. The highest BCUT2D eigenvalue weighted by atomic mass is 127. The van der Waals surface area contributed by atoms with Crippen LogP contribution in [0.5, 0.6) is 11.5 Å². The van der Waals surface area contributed by atoms with Crippen LogP contribution in [-0.4, -0.2) is 18.1 Å². The first-order valence-corrected chi connectivity index (χ1v) is 8.13. The van der Waals surface area contributed by atoms with Gasteiger partial charge in [-0.25, -0.2) is 0 Å². The van der Waals surface area contributed by atoms with Crippen LogP contribution < -0.4 is 10.1 Å². The predicted octanol–water partition coefficient (Wildman–Crippen LogP) is 3.23. The summed E-state index contributed by atoms with van der Waals surface area (Å²) in [4.78, 5) is 12.2. The zero-order valence-electron chi connectivity index (χ0n) is 12.9. The zero-order chi connectivity index (χ0) is 17.5. The number of carbonyl (C=O) groups is 1. The number of methoxy groups -OCH3 is 1. The first-order valence-electron chi connectivity index (χ1n) is 7.05. The third-order valence-corrected chi connectivity index (χ3v) is 3.87. The van der Waals surface area contributed by atoms with Crippen molar-refractivity contribution in [1.29, 1.82) is 5.26 Å². The fourth-order valence-electron chi connectivity index (χ4n) is 2.04. The molecule has 0 heterocycles. The molecule has 0 spiro atoms. The van der Waals surface area contributed by atoms with E-state index in [9.17, 15) is 15.2 Å². The highest BCUT2D eigenvalue weighted by molar-refractivity contribution is 14.1. The number of aromatic hydroxyl groups is 1. The Morgan fingerprint density at radius 2 is 2.08 bits per heavy atom. The van der Waals surface area contributed by atoms with E-state index < -0.39 is 5.91 Å². The van der Waals surface area contributed by atoms with Crippen molar-refractivity contribution < 1.29 is 14.6 Å². The van der Waals surface area contributed by atoms with Crippen LogP contribution in [0, 0.1) is 14.9 Å². The van der Waals surface area contributed by atoms with Crippen LogP contribution in [-0.2, 0) is 11.3 Å². The lowest BCUT2D eigenvalue weighted by molar-refractivity contribution is -0.117. The third kappa shape index (κ3) is 4.49. The van der Waals surface area contributed by atoms with E-state index in [1.807, 2.05) is 36.4 Å².